The summed E-state index contributed by atoms with van der Waals surface area (Å²) in [4.78, 5) is 40.1. The van der Waals surface area contributed by atoms with E-state index in [1.807, 2.05) is 36.5 Å². The molecule has 0 unspecified atom stereocenters. The molecule has 3 aromatic carbocycles. The molecule has 0 aliphatic carbocycles. The van der Waals surface area contributed by atoms with Gasteiger partial charge in [-0.2, -0.15) is 0 Å². The van der Waals surface area contributed by atoms with Gasteiger partial charge in [0.05, 0.1) is 0 Å². The van der Waals surface area contributed by atoms with Crippen LogP contribution in [0, 0.1) is 0 Å². The van der Waals surface area contributed by atoms with E-state index in [2.05, 4.69) is 10.3 Å². The summed E-state index contributed by atoms with van der Waals surface area (Å²) >= 11 is 0. The molecule has 1 aromatic heterocycles. The van der Waals surface area contributed by atoms with Crippen LogP contribution in [0.3, 0.4) is 0 Å². The molecular weight excluding hydrogens is 404 g/mol. The second-order valence-corrected chi connectivity index (χ2v) is 7.34. The Morgan fingerprint density at radius 1 is 0.844 bits per heavy atom. The highest BCUT2D eigenvalue weighted by molar-refractivity contribution is 6.05. The molecule has 2 N–H and O–H groups in total. The number of esters is 1. The smallest absolute Gasteiger partial charge is 0.306 e. The fraction of sp³-hybridized carbons (Fsp3) is 0.115. The Balaban J connectivity index is 1.29. The average Bonchev–Trinajstić information content (AvgIpc) is 3.25. The number of fused-ring (bicyclic) bond motifs is 1. The maximum Gasteiger partial charge on any atom is 0.306 e. The van der Waals surface area contributed by atoms with Crippen molar-refractivity contribution in [1.82, 2.24) is 4.98 Å². The second kappa shape index (κ2) is 9.75. The van der Waals surface area contributed by atoms with Crippen LogP contribution in [0.1, 0.15) is 32.7 Å². The van der Waals surface area contributed by atoms with Crippen LogP contribution in [-0.2, 0) is 16.0 Å². The molecule has 0 fully saturated rings. The van der Waals surface area contributed by atoms with Gasteiger partial charge in [-0.05, 0) is 42.3 Å². The molecule has 6 heteroatoms. The molecule has 32 heavy (non-hydrogen) atoms. The number of para-hydroxylation sites is 1. The van der Waals surface area contributed by atoms with Gasteiger partial charge >= 0.3 is 5.97 Å². The number of nitrogens with one attached hydrogen (secondary N) is 2. The van der Waals surface area contributed by atoms with Crippen molar-refractivity contribution in [3.8, 4) is 0 Å². The number of benzene rings is 3. The number of aryl methyl sites for hydroxylation is 1. The molecule has 0 aliphatic rings. The number of rotatable bonds is 8. The fourth-order valence-electron chi connectivity index (χ4n) is 3.44. The van der Waals surface area contributed by atoms with Gasteiger partial charge in [-0.15, -0.1) is 0 Å². The summed E-state index contributed by atoms with van der Waals surface area (Å²) in [6.07, 6.45) is 2.60. The van der Waals surface area contributed by atoms with Crippen LogP contribution in [0.2, 0.25) is 0 Å². The van der Waals surface area contributed by atoms with Crippen molar-refractivity contribution in [2.75, 3.05) is 11.9 Å². The van der Waals surface area contributed by atoms with Crippen molar-refractivity contribution in [2.24, 2.45) is 0 Å². The van der Waals surface area contributed by atoms with E-state index in [1.165, 1.54) is 0 Å². The summed E-state index contributed by atoms with van der Waals surface area (Å²) in [5.41, 5.74) is 3.43. The lowest BCUT2D eigenvalue weighted by Crippen LogP contribution is -2.15. The number of anilines is 1. The quantitative estimate of drug-likeness (QED) is 0.314. The zero-order valence-corrected chi connectivity index (χ0v) is 17.3. The topological polar surface area (TPSA) is 88.3 Å². The summed E-state index contributed by atoms with van der Waals surface area (Å²) in [5.74, 6) is -1.03. The third-order valence-corrected chi connectivity index (χ3v) is 5.12. The number of Topliss-reactive ketones (excluding diaryl/α,β-unsaturated/α-hetero) is 1. The molecule has 0 atom stereocenters. The van der Waals surface area contributed by atoms with Crippen LogP contribution in [0.25, 0.3) is 10.9 Å². The van der Waals surface area contributed by atoms with Crippen molar-refractivity contribution in [3.63, 3.8) is 0 Å². The summed E-state index contributed by atoms with van der Waals surface area (Å²) in [6.45, 7) is -0.344. The van der Waals surface area contributed by atoms with Crippen LogP contribution >= 0.6 is 0 Å². The largest absolute Gasteiger partial charge is 0.457 e. The second-order valence-electron chi connectivity index (χ2n) is 7.34. The van der Waals surface area contributed by atoms with Gasteiger partial charge in [0, 0.05) is 40.3 Å². The summed E-state index contributed by atoms with van der Waals surface area (Å²) in [5, 5.41) is 3.84. The van der Waals surface area contributed by atoms with Gasteiger partial charge in [-0.3, -0.25) is 14.4 Å². The molecule has 0 radical (unpaired) electrons. The Morgan fingerprint density at radius 2 is 1.59 bits per heavy atom. The first-order valence-electron chi connectivity index (χ1n) is 10.3. The number of ether oxygens (including phenoxy) is 1. The van der Waals surface area contributed by atoms with E-state index in [0.29, 0.717) is 23.2 Å². The monoisotopic (exact) mass is 426 g/mol. The van der Waals surface area contributed by atoms with E-state index < -0.39 is 5.97 Å². The predicted molar refractivity (Wildman–Crippen MR) is 123 cm³/mol. The summed E-state index contributed by atoms with van der Waals surface area (Å²) in [6, 6.07) is 23.3. The zero-order valence-electron chi connectivity index (χ0n) is 17.3. The van der Waals surface area contributed by atoms with Crippen molar-refractivity contribution in [3.05, 3.63) is 102 Å². The van der Waals surface area contributed by atoms with E-state index in [9.17, 15) is 14.4 Å². The Hall–Kier alpha value is -4.19. The minimum Gasteiger partial charge on any atom is -0.457 e. The number of amides is 1. The molecule has 1 amide bonds. The molecule has 0 aliphatic heterocycles. The summed E-state index contributed by atoms with van der Waals surface area (Å²) < 4.78 is 5.17. The lowest BCUT2D eigenvalue weighted by molar-refractivity contribution is -0.142. The maximum atomic E-state index is 12.5. The third kappa shape index (κ3) is 5.10. The Labute approximate surface area is 185 Å². The molecule has 4 rings (SSSR count). The Morgan fingerprint density at radius 3 is 2.44 bits per heavy atom. The molecular formula is C26H22N2O4. The van der Waals surface area contributed by atoms with Crippen LogP contribution in [0.4, 0.5) is 5.69 Å². The number of ketones is 1. The van der Waals surface area contributed by atoms with Crippen LogP contribution in [0.5, 0.6) is 0 Å². The van der Waals surface area contributed by atoms with E-state index >= 15 is 0 Å². The van der Waals surface area contributed by atoms with Gasteiger partial charge in [-0.25, -0.2) is 0 Å². The van der Waals surface area contributed by atoms with Crippen LogP contribution in [-0.4, -0.2) is 29.3 Å². The van der Waals surface area contributed by atoms with Crippen LogP contribution in [0.15, 0.2) is 85.1 Å². The average molecular weight is 426 g/mol. The van der Waals surface area contributed by atoms with E-state index in [0.717, 1.165) is 16.5 Å². The minimum atomic E-state index is -0.433. The van der Waals surface area contributed by atoms with Gasteiger partial charge in [0.2, 0.25) is 0 Å². The number of aromatic nitrogens is 1. The van der Waals surface area contributed by atoms with E-state index in [-0.39, 0.29) is 24.7 Å². The first kappa shape index (κ1) is 21.1. The van der Waals surface area contributed by atoms with E-state index in [1.54, 1.807) is 48.5 Å². The lowest BCUT2D eigenvalue weighted by atomic mass is 10.1. The molecule has 160 valence electrons. The van der Waals surface area contributed by atoms with Gasteiger partial charge < -0.3 is 15.0 Å². The van der Waals surface area contributed by atoms with Crippen molar-refractivity contribution >= 4 is 34.3 Å². The summed E-state index contributed by atoms with van der Waals surface area (Å²) in [7, 11) is 0. The maximum absolute atomic E-state index is 12.5. The molecule has 0 saturated carbocycles. The van der Waals surface area contributed by atoms with Crippen molar-refractivity contribution < 1.29 is 19.1 Å². The van der Waals surface area contributed by atoms with Gasteiger partial charge in [-0.1, -0.05) is 48.5 Å². The first-order chi connectivity index (χ1) is 15.6. The Bertz CT molecular complexity index is 1260. The molecule has 0 bridgehead atoms. The van der Waals surface area contributed by atoms with Gasteiger partial charge in [0.25, 0.3) is 5.91 Å². The first-order valence-corrected chi connectivity index (χ1v) is 10.3. The normalized spacial score (nSPS) is 10.6. The van der Waals surface area contributed by atoms with Gasteiger partial charge in [0.15, 0.2) is 12.4 Å². The number of carbonyl (C=O) groups excluding carboxylic acids is 3. The predicted octanol–water partition coefficient (Wildman–Crippen LogP) is 4.78. The SMILES string of the molecule is O=C(CCc1c[nH]c2ccccc12)OCC(=O)c1cccc(NC(=O)c2ccccc2)c1. The highest BCUT2D eigenvalue weighted by Crippen LogP contribution is 2.19. The molecule has 0 saturated heterocycles. The van der Waals surface area contributed by atoms with Crippen LogP contribution < -0.4 is 5.32 Å². The number of carbonyl (C=O) groups is 3. The van der Waals surface area contributed by atoms with E-state index in [4.69, 9.17) is 4.74 Å². The Kier molecular flexibility index (Phi) is 6.41. The molecule has 0 spiro atoms. The van der Waals surface area contributed by atoms with Crippen molar-refractivity contribution in [1.29, 1.82) is 0 Å². The number of H-pyrrole nitrogens is 1. The standard InChI is InChI=1S/C26H22N2O4/c29-24(17-32-25(30)14-13-20-16-27-23-12-5-4-11-22(20)23)19-9-6-10-21(15-19)28-26(31)18-7-2-1-3-8-18/h1-12,15-16,27H,13-14,17H2,(H,28,31). The minimum absolute atomic E-state index is 0.183. The molecule has 6 nitrogen and oxygen atoms in total. The number of hydrogen-bond donors (Lipinski definition) is 2. The lowest BCUT2D eigenvalue weighted by Gasteiger charge is -2.08. The highest BCUT2D eigenvalue weighted by atomic mass is 16.5. The molecule has 1 heterocycles. The highest BCUT2D eigenvalue weighted by Gasteiger charge is 2.13. The number of aromatic amines is 1. The molecule has 4 aromatic rings. The zero-order chi connectivity index (χ0) is 22.3. The van der Waals surface area contributed by atoms with Crippen molar-refractivity contribution in [2.45, 2.75) is 12.8 Å². The van der Waals surface area contributed by atoms with Gasteiger partial charge in [0.1, 0.15) is 0 Å². The number of hydrogen-bond acceptors (Lipinski definition) is 4. The third-order valence-electron chi connectivity index (χ3n) is 5.12. The fourth-order valence-corrected chi connectivity index (χ4v) is 3.44.